The van der Waals surface area contributed by atoms with Crippen LogP contribution in [0.3, 0.4) is 0 Å². The van der Waals surface area contributed by atoms with Crippen LogP contribution in [0.25, 0.3) is 0 Å². The van der Waals surface area contributed by atoms with Gasteiger partial charge in [0.1, 0.15) is 0 Å². The zero-order valence-electron chi connectivity index (χ0n) is 10.8. The molecule has 0 aliphatic carbocycles. The van der Waals surface area contributed by atoms with Crippen molar-refractivity contribution in [3.63, 3.8) is 0 Å². The first-order chi connectivity index (χ1) is 7.15. The third-order valence-electron chi connectivity index (χ3n) is 3.38. The molecule has 2 atom stereocenters. The number of likely N-dealkylation sites (tertiary alicyclic amines) is 1. The normalized spacial score (nSPS) is 25.0. The summed E-state index contributed by atoms with van der Waals surface area (Å²) in [7, 11) is 6.39. The first-order valence-corrected chi connectivity index (χ1v) is 6.20. The van der Waals surface area contributed by atoms with Gasteiger partial charge in [0.25, 0.3) is 0 Å². The van der Waals surface area contributed by atoms with Gasteiger partial charge < -0.3 is 10.2 Å². The molecule has 3 heteroatoms. The third kappa shape index (κ3) is 4.09. The Morgan fingerprint density at radius 1 is 1.47 bits per heavy atom. The molecule has 1 fully saturated rings. The molecule has 1 aliphatic rings. The predicted octanol–water partition coefficient (Wildman–Crippen LogP) is 1.01. The van der Waals surface area contributed by atoms with E-state index in [2.05, 4.69) is 36.1 Å². The maximum absolute atomic E-state index is 3.24. The van der Waals surface area contributed by atoms with Gasteiger partial charge in [0.15, 0.2) is 0 Å². The summed E-state index contributed by atoms with van der Waals surface area (Å²) in [6.07, 6.45) is 4.02. The van der Waals surface area contributed by atoms with E-state index >= 15 is 0 Å². The standard InChI is InChI=1S/C12H27N3/c1-11(7-8-13-2)15-9-5-6-12(15)10-14(3)4/h11-13H,5-10H2,1-4H3. The Kier molecular flexibility index (Phi) is 5.58. The number of hydrogen-bond donors (Lipinski definition) is 1. The molecular weight excluding hydrogens is 186 g/mol. The van der Waals surface area contributed by atoms with Crippen LogP contribution in [0, 0.1) is 0 Å². The van der Waals surface area contributed by atoms with Crippen molar-refractivity contribution in [3.8, 4) is 0 Å². The van der Waals surface area contributed by atoms with Crippen molar-refractivity contribution < 1.29 is 0 Å². The Balaban J connectivity index is 2.37. The van der Waals surface area contributed by atoms with E-state index in [1.165, 1.54) is 32.4 Å². The van der Waals surface area contributed by atoms with Gasteiger partial charge in [-0.25, -0.2) is 0 Å². The van der Waals surface area contributed by atoms with Gasteiger partial charge in [-0.15, -0.1) is 0 Å². The van der Waals surface area contributed by atoms with Crippen molar-refractivity contribution in [1.82, 2.24) is 15.1 Å². The summed E-state index contributed by atoms with van der Waals surface area (Å²) >= 11 is 0. The molecule has 90 valence electrons. The van der Waals surface area contributed by atoms with Crippen LogP contribution >= 0.6 is 0 Å². The molecule has 0 aromatic carbocycles. The van der Waals surface area contributed by atoms with E-state index < -0.39 is 0 Å². The molecule has 3 nitrogen and oxygen atoms in total. The summed E-state index contributed by atoms with van der Waals surface area (Å²) in [4.78, 5) is 5.01. The van der Waals surface area contributed by atoms with Crippen molar-refractivity contribution >= 4 is 0 Å². The van der Waals surface area contributed by atoms with E-state index in [0.717, 1.165) is 18.6 Å². The lowest BCUT2D eigenvalue weighted by Gasteiger charge is -2.32. The average Bonchev–Trinajstić information content (AvgIpc) is 2.61. The highest BCUT2D eigenvalue weighted by atomic mass is 15.2. The smallest absolute Gasteiger partial charge is 0.0226 e. The third-order valence-corrected chi connectivity index (χ3v) is 3.38. The van der Waals surface area contributed by atoms with Crippen LogP contribution in [0.2, 0.25) is 0 Å². The first kappa shape index (κ1) is 12.9. The highest BCUT2D eigenvalue weighted by molar-refractivity contribution is 4.84. The Morgan fingerprint density at radius 3 is 2.80 bits per heavy atom. The summed E-state index contributed by atoms with van der Waals surface area (Å²) in [5.74, 6) is 0. The van der Waals surface area contributed by atoms with E-state index in [1.54, 1.807) is 0 Å². The van der Waals surface area contributed by atoms with Gasteiger partial charge in [0.05, 0.1) is 0 Å². The molecule has 1 heterocycles. The SMILES string of the molecule is CNCCC(C)N1CCCC1CN(C)C. The van der Waals surface area contributed by atoms with Crippen LogP contribution in [0.1, 0.15) is 26.2 Å². The highest BCUT2D eigenvalue weighted by Gasteiger charge is 2.28. The zero-order valence-corrected chi connectivity index (χ0v) is 10.8. The molecule has 0 bridgehead atoms. The summed E-state index contributed by atoms with van der Waals surface area (Å²) in [5, 5.41) is 3.24. The fourth-order valence-electron chi connectivity index (χ4n) is 2.57. The monoisotopic (exact) mass is 213 g/mol. The van der Waals surface area contributed by atoms with Gasteiger partial charge in [0.2, 0.25) is 0 Å². The Morgan fingerprint density at radius 2 is 2.20 bits per heavy atom. The van der Waals surface area contributed by atoms with Crippen LogP contribution in [-0.2, 0) is 0 Å². The topological polar surface area (TPSA) is 18.5 Å². The molecule has 0 spiro atoms. The Labute approximate surface area is 94.8 Å². The van der Waals surface area contributed by atoms with Gasteiger partial charge in [-0.2, -0.15) is 0 Å². The largest absolute Gasteiger partial charge is 0.320 e. The van der Waals surface area contributed by atoms with Crippen molar-refractivity contribution in [1.29, 1.82) is 0 Å². The second kappa shape index (κ2) is 6.46. The molecule has 1 rings (SSSR count). The lowest BCUT2D eigenvalue weighted by atomic mass is 10.1. The van der Waals surface area contributed by atoms with E-state index in [0.29, 0.717) is 0 Å². The van der Waals surface area contributed by atoms with Crippen LogP contribution in [-0.4, -0.2) is 62.7 Å². The van der Waals surface area contributed by atoms with Gasteiger partial charge in [0, 0.05) is 18.6 Å². The lowest BCUT2D eigenvalue weighted by molar-refractivity contribution is 0.155. The van der Waals surface area contributed by atoms with Crippen LogP contribution in [0.15, 0.2) is 0 Å². The minimum atomic E-state index is 0.727. The Hall–Kier alpha value is -0.120. The minimum absolute atomic E-state index is 0.727. The molecule has 0 aromatic rings. The van der Waals surface area contributed by atoms with Crippen LogP contribution < -0.4 is 5.32 Å². The van der Waals surface area contributed by atoms with Gasteiger partial charge in [-0.05, 0) is 60.4 Å². The van der Waals surface area contributed by atoms with Crippen molar-refractivity contribution in [2.45, 2.75) is 38.3 Å². The van der Waals surface area contributed by atoms with Crippen molar-refractivity contribution in [3.05, 3.63) is 0 Å². The number of nitrogens with zero attached hydrogens (tertiary/aromatic N) is 2. The molecule has 2 unspecified atom stereocenters. The van der Waals surface area contributed by atoms with Gasteiger partial charge in [-0.3, -0.25) is 4.90 Å². The fourth-order valence-corrected chi connectivity index (χ4v) is 2.57. The van der Waals surface area contributed by atoms with Crippen molar-refractivity contribution in [2.75, 3.05) is 40.8 Å². The van der Waals surface area contributed by atoms with Crippen LogP contribution in [0.4, 0.5) is 0 Å². The second-order valence-electron chi connectivity index (χ2n) is 5.04. The molecule has 0 saturated carbocycles. The zero-order chi connectivity index (χ0) is 11.3. The average molecular weight is 213 g/mol. The maximum atomic E-state index is 3.24. The van der Waals surface area contributed by atoms with E-state index in [-0.39, 0.29) is 0 Å². The summed E-state index contributed by atoms with van der Waals surface area (Å²) in [6.45, 7) is 6.00. The maximum Gasteiger partial charge on any atom is 0.0226 e. The molecule has 1 saturated heterocycles. The minimum Gasteiger partial charge on any atom is -0.320 e. The van der Waals surface area contributed by atoms with E-state index in [9.17, 15) is 0 Å². The Bertz CT molecular complexity index is 170. The number of nitrogens with one attached hydrogen (secondary N) is 1. The van der Waals surface area contributed by atoms with E-state index in [4.69, 9.17) is 0 Å². The predicted molar refractivity (Wildman–Crippen MR) is 66.3 cm³/mol. The van der Waals surface area contributed by atoms with E-state index in [1.807, 2.05) is 7.05 Å². The number of likely N-dealkylation sites (N-methyl/N-ethyl adjacent to an activating group) is 1. The van der Waals surface area contributed by atoms with Gasteiger partial charge >= 0.3 is 0 Å². The number of rotatable bonds is 6. The quantitative estimate of drug-likeness (QED) is 0.710. The molecule has 0 amide bonds. The molecule has 1 N–H and O–H groups in total. The van der Waals surface area contributed by atoms with Crippen molar-refractivity contribution in [2.24, 2.45) is 0 Å². The summed E-state index contributed by atoms with van der Waals surface area (Å²) in [5.41, 5.74) is 0. The number of hydrogen-bond acceptors (Lipinski definition) is 3. The molecular formula is C12H27N3. The fraction of sp³-hybridized carbons (Fsp3) is 1.00. The van der Waals surface area contributed by atoms with Gasteiger partial charge in [-0.1, -0.05) is 0 Å². The lowest BCUT2D eigenvalue weighted by Crippen LogP contribution is -2.43. The summed E-state index contributed by atoms with van der Waals surface area (Å²) < 4.78 is 0. The highest BCUT2D eigenvalue weighted by Crippen LogP contribution is 2.21. The molecule has 0 aromatic heterocycles. The molecule has 15 heavy (non-hydrogen) atoms. The first-order valence-electron chi connectivity index (χ1n) is 6.20. The molecule has 0 radical (unpaired) electrons. The second-order valence-corrected chi connectivity index (χ2v) is 5.04. The summed E-state index contributed by atoms with van der Waals surface area (Å²) in [6, 6.07) is 1.51. The molecule has 1 aliphatic heterocycles. The van der Waals surface area contributed by atoms with Crippen LogP contribution in [0.5, 0.6) is 0 Å².